The molecule has 0 heterocycles. The number of halogens is 3. The number of hydrogen-bond acceptors (Lipinski definition) is 0. The lowest BCUT2D eigenvalue weighted by Gasteiger charge is -1.57. The quantitative estimate of drug-likeness (QED) is 0.504. The van der Waals surface area contributed by atoms with E-state index in [2.05, 4.69) is 0 Å². The van der Waals surface area contributed by atoms with Crippen LogP contribution in [0.1, 0.15) is 37.1 Å². The zero-order valence-corrected chi connectivity index (χ0v) is 5.13. The third-order valence-corrected chi connectivity index (χ3v) is 0. The van der Waals surface area contributed by atoms with Crippen LogP contribution in [0.3, 0.4) is 0 Å². The predicted molar refractivity (Wildman–Crippen MR) is 57.0 cm³/mol. The third-order valence-electron chi connectivity index (χ3n) is 0. The molecule has 0 aromatic carbocycles. The van der Waals surface area contributed by atoms with Gasteiger partial charge in [-0.25, -0.2) is 30.1 Å². The first-order valence-corrected chi connectivity index (χ1v) is 5.89. The first-order valence-electron chi connectivity index (χ1n) is 0.655. The van der Waals surface area contributed by atoms with E-state index in [0.717, 1.165) is 0 Å². The van der Waals surface area contributed by atoms with Crippen LogP contribution in [0, 0.1) is 0 Å². The molecule has 0 amide bonds. The molecule has 0 bridgehead atoms. The fraction of sp³-hybridized carbons (Fsp3) is 1.00. The van der Waals surface area contributed by atoms with Gasteiger partial charge in [0.2, 0.25) is 0 Å². The van der Waals surface area contributed by atoms with E-state index in [0.29, 0.717) is 0 Å². The van der Waals surface area contributed by atoms with Crippen LogP contribution in [-0.2, 0) is 0 Å². The molecule has 0 spiro atoms. The van der Waals surface area contributed by atoms with Crippen LogP contribution < -0.4 is 0 Å². The first kappa shape index (κ1) is 47.4. The maximum absolute atomic E-state index is 4.94. The highest BCUT2D eigenvalue weighted by atomic mass is 35.8. The molecular formula is C5H20AlCl3. The van der Waals surface area contributed by atoms with Gasteiger partial charge in [0.05, 0.1) is 0 Å². The molecule has 0 unspecified atom stereocenters. The molecule has 0 aromatic heterocycles. The molecule has 0 radical (unpaired) electrons. The topological polar surface area (TPSA) is 0 Å². The van der Waals surface area contributed by atoms with Gasteiger partial charge in [0.15, 0.2) is 0 Å². The molecule has 0 aromatic rings. The van der Waals surface area contributed by atoms with Crippen molar-refractivity contribution in [2.75, 3.05) is 0 Å². The standard InChI is InChI=1S/5CH4.Al.3ClH/h5*1H4;;3*1H/q;;;;;+3;;;/p-3. The molecule has 0 aliphatic heterocycles. The second-order valence-corrected chi connectivity index (χ2v) is 6.68. The molecule has 64 valence electrons. The van der Waals surface area contributed by atoms with Gasteiger partial charge in [-0.05, 0) is 0 Å². The van der Waals surface area contributed by atoms with Crippen LogP contribution in [0.25, 0.3) is 0 Å². The van der Waals surface area contributed by atoms with E-state index in [1.165, 1.54) is 0 Å². The Morgan fingerprint density at radius 3 is 0.556 bits per heavy atom. The Morgan fingerprint density at radius 1 is 0.556 bits per heavy atom. The van der Waals surface area contributed by atoms with Gasteiger partial charge < -0.3 is 0 Å². The minimum Gasteiger partial charge on any atom is -0.214 e. The molecule has 4 heteroatoms. The van der Waals surface area contributed by atoms with E-state index in [1.807, 2.05) is 0 Å². The second kappa shape index (κ2) is 34.3. The Kier molecular flexibility index (Phi) is 181. The fourth-order valence-corrected chi connectivity index (χ4v) is 0. The molecule has 0 aliphatic carbocycles. The first-order chi connectivity index (χ1) is 1.73. The highest BCUT2D eigenvalue weighted by molar-refractivity contribution is 7.54. The van der Waals surface area contributed by atoms with Crippen molar-refractivity contribution in [2.45, 2.75) is 37.1 Å². The van der Waals surface area contributed by atoms with E-state index >= 15 is 0 Å². The SMILES string of the molecule is C.C.C.C.C.[Cl][Al]([Cl])[Cl]. The van der Waals surface area contributed by atoms with Gasteiger partial charge in [-0.2, -0.15) is 0 Å². The molecule has 0 atom stereocenters. The van der Waals surface area contributed by atoms with Crippen molar-refractivity contribution in [2.24, 2.45) is 0 Å². The Labute approximate surface area is 78.5 Å². The monoisotopic (exact) mass is 212 g/mol. The molecule has 0 saturated heterocycles. The Bertz CT molecular complexity index is 16.9. The summed E-state index contributed by atoms with van der Waals surface area (Å²) in [6.45, 7) is 0. The van der Waals surface area contributed by atoms with Crippen molar-refractivity contribution in [3.63, 3.8) is 0 Å². The number of rotatable bonds is 0. The molecule has 0 N–H and O–H groups in total. The summed E-state index contributed by atoms with van der Waals surface area (Å²) in [5.41, 5.74) is 0. The van der Waals surface area contributed by atoms with E-state index in [1.54, 1.807) is 0 Å². The summed E-state index contributed by atoms with van der Waals surface area (Å²) < 4.78 is 0. The van der Waals surface area contributed by atoms with Gasteiger partial charge in [-0.1, -0.05) is 37.1 Å². The van der Waals surface area contributed by atoms with E-state index in [9.17, 15) is 0 Å². The predicted octanol–water partition coefficient (Wildman–Crippen LogP) is 4.87. The Balaban J connectivity index is -0.00000000450. The largest absolute Gasteiger partial charge is 0.643 e. The normalized spacial score (nSPS) is 3.00. The van der Waals surface area contributed by atoms with Gasteiger partial charge in [-0.15, -0.1) is 0 Å². The lowest BCUT2D eigenvalue weighted by atomic mass is 12.0. The van der Waals surface area contributed by atoms with Gasteiger partial charge in [-0.3, -0.25) is 0 Å². The van der Waals surface area contributed by atoms with Crippen molar-refractivity contribution in [3.05, 3.63) is 0 Å². The van der Waals surface area contributed by atoms with Gasteiger partial charge >= 0.3 is 11.4 Å². The van der Waals surface area contributed by atoms with E-state index in [-0.39, 0.29) is 37.1 Å². The molecule has 0 nitrogen and oxygen atoms in total. The Morgan fingerprint density at radius 2 is 0.556 bits per heavy atom. The van der Waals surface area contributed by atoms with Gasteiger partial charge in [0, 0.05) is 0 Å². The summed E-state index contributed by atoms with van der Waals surface area (Å²) in [5.74, 6) is 0. The van der Waals surface area contributed by atoms with Crippen molar-refractivity contribution < 1.29 is 0 Å². The fourth-order valence-electron chi connectivity index (χ4n) is 0. The molecule has 0 aliphatic rings. The lowest BCUT2D eigenvalue weighted by Crippen LogP contribution is -1.66. The Hall–Kier alpha value is 1.40. The van der Waals surface area contributed by atoms with Gasteiger partial charge in [0.1, 0.15) is 0 Å². The lowest BCUT2D eigenvalue weighted by molar-refractivity contribution is 2.50. The summed E-state index contributed by atoms with van der Waals surface area (Å²) in [4.78, 5) is 0. The summed E-state index contributed by atoms with van der Waals surface area (Å²) in [5, 5.41) is 0. The zero-order chi connectivity index (χ0) is 3.58. The molecular weight excluding hydrogens is 193 g/mol. The summed E-state index contributed by atoms with van der Waals surface area (Å²) in [7, 11) is 14.8. The van der Waals surface area contributed by atoms with Crippen LogP contribution >= 0.6 is 30.1 Å². The van der Waals surface area contributed by atoms with Crippen LogP contribution in [0.15, 0.2) is 0 Å². The zero-order valence-electron chi connectivity index (χ0n) is 1.71. The summed E-state index contributed by atoms with van der Waals surface area (Å²) in [6.07, 6.45) is 0. The minimum atomic E-state index is -1.72. The van der Waals surface area contributed by atoms with Crippen molar-refractivity contribution in [1.82, 2.24) is 0 Å². The number of hydrogen-bond donors (Lipinski definition) is 0. The summed E-state index contributed by atoms with van der Waals surface area (Å²) in [6, 6.07) is 0. The average Bonchev–Trinajstić information content (AvgIpc) is 0.811. The van der Waals surface area contributed by atoms with E-state index < -0.39 is 11.4 Å². The molecule has 0 fully saturated rings. The van der Waals surface area contributed by atoms with Crippen molar-refractivity contribution in [3.8, 4) is 0 Å². The van der Waals surface area contributed by atoms with Crippen LogP contribution in [0.4, 0.5) is 0 Å². The molecule has 9 heavy (non-hydrogen) atoms. The van der Waals surface area contributed by atoms with E-state index in [4.69, 9.17) is 30.1 Å². The highest BCUT2D eigenvalue weighted by Gasteiger charge is 2.00. The molecule has 0 rings (SSSR count). The third kappa shape index (κ3) is 262. The van der Waals surface area contributed by atoms with Crippen LogP contribution in [0.5, 0.6) is 0 Å². The van der Waals surface area contributed by atoms with Crippen LogP contribution in [0.2, 0.25) is 0 Å². The minimum absolute atomic E-state index is 0. The maximum atomic E-state index is 4.94. The smallest absolute Gasteiger partial charge is 0.214 e. The maximum Gasteiger partial charge on any atom is 0.643 e. The average molecular weight is 214 g/mol. The van der Waals surface area contributed by atoms with Crippen molar-refractivity contribution >= 4 is 41.5 Å². The van der Waals surface area contributed by atoms with Gasteiger partial charge in [0.25, 0.3) is 0 Å². The van der Waals surface area contributed by atoms with Crippen molar-refractivity contribution in [1.29, 1.82) is 0 Å². The second-order valence-electron chi connectivity index (χ2n) is 0.247. The highest BCUT2D eigenvalue weighted by Crippen LogP contribution is 1.97. The van der Waals surface area contributed by atoms with Crippen LogP contribution in [-0.4, -0.2) is 11.4 Å². The summed E-state index contributed by atoms with van der Waals surface area (Å²) >= 11 is -1.72. The molecule has 0 saturated carbocycles.